The topological polar surface area (TPSA) is 34.9 Å². The second kappa shape index (κ2) is 7.08. The molecule has 0 fully saturated rings. The number of hydrogen-bond acceptors (Lipinski definition) is 3. The molecule has 0 N–H and O–H groups in total. The van der Waals surface area contributed by atoms with E-state index in [0.29, 0.717) is 24.2 Å². The molecule has 5 heteroatoms. The van der Waals surface area contributed by atoms with Crippen LogP contribution in [0, 0.1) is 12.7 Å². The van der Waals surface area contributed by atoms with Crippen molar-refractivity contribution < 1.29 is 4.39 Å². The van der Waals surface area contributed by atoms with E-state index >= 15 is 0 Å². The van der Waals surface area contributed by atoms with Crippen LogP contribution in [0.3, 0.4) is 0 Å². The summed E-state index contributed by atoms with van der Waals surface area (Å²) in [4.78, 5) is 18.8. The summed E-state index contributed by atoms with van der Waals surface area (Å²) in [7, 11) is 0. The van der Waals surface area contributed by atoms with Crippen LogP contribution in [0.15, 0.2) is 58.7 Å². The molecule has 0 amide bonds. The predicted molar refractivity (Wildman–Crippen MR) is 109 cm³/mol. The molecule has 0 bridgehead atoms. The molecule has 27 heavy (non-hydrogen) atoms. The van der Waals surface area contributed by atoms with Crippen molar-refractivity contribution in [3.63, 3.8) is 0 Å². The smallest absolute Gasteiger partial charge is 0.263 e. The third-order valence-electron chi connectivity index (χ3n) is 4.68. The molecule has 3 nitrogen and oxygen atoms in total. The molecule has 0 saturated heterocycles. The van der Waals surface area contributed by atoms with Gasteiger partial charge in [-0.05, 0) is 30.2 Å². The number of benzene rings is 2. The average molecular weight is 378 g/mol. The van der Waals surface area contributed by atoms with Crippen molar-refractivity contribution >= 4 is 21.6 Å². The van der Waals surface area contributed by atoms with Crippen molar-refractivity contribution in [1.29, 1.82) is 0 Å². The summed E-state index contributed by atoms with van der Waals surface area (Å²) < 4.78 is 15.2. The maximum atomic E-state index is 13.6. The van der Waals surface area contributed by atoms with E-state index in [4.69, 9.17) is 4.98 Å². The minimum atomic E-state index is -0.302. The lowest BCUT2D eigenvalue weighted by Gasteiger charge is -2.12. The van der Waals surface area contributed by atoms with Crippen LogP contribution < -0.4 is 5.56 Å². The van der Waals surface area contributed by atoms with Gasteiger partial charge in [0.2, 0.25) is 0 Å². The van der Waals surface area contributed by atoms with Gasteiger partial charge in [-0.25, -0.2) is 9.37 Å². The van der Waals surface area contributed by atoms with E-state index in [0.717, 1.165) is 21.5 Å². The van der Waals surface area contributed by atoms with Crippen molar-refractivity contribution in [3.05, 3.63) is 87.0 Å². The number of halogens is 1. The molecule has 2 heterocycles. The van der Waals surface area contributed by atoms with Crippen LogP contribution in [0.1, 0.15) is 23.9 Å². The van der Waals surface area contributed by atoms with Crippen molar-refractivity contribution in [2.24, 2.45) is 0 Å². The Morgan fingerprint density at radius 3 is 2.63 bits per heavy atom. The molecule has 0 aliphatic heterocycles. The van der Waals surface area contributed by atoms with Crippen LogP contribution in [-0.2, 0) is 13.0 Å². The Labute approximate surface area is 160 Å². The van der Waals surface area contributed by atoms with Gasteiger partial charge in [0.15, 0.2) is 0 Å². The highest BCUT2D eigenvalue weighted by atomic mass is 32.1. The Hall–Kier alpha value is -2.79. The molecule has 0 unspecified atom stereocenters. The minimum Gasteiger partial charge on any atom is -0.292 e. The summed E-state index contributed by atoms with van der Waals surface area (Å²) in [5.41, 5.74) is 3.77. The summed E-state index contributed by atoms with van der Waals surface area (Å²) in [5.74, 6) is 0.414. The first-order valence-corrected chi connectivity index (χ1v) is 9.77. The van der Waals surface area contributed by atoms with Crippen LogP contribution in [0.25, 0.3) is 21.3 Å². The van der Waals surface area contributed by atoms with E-state index in [1.54, 1.807) is 10.6 Å². The largest absolute Gasteiger partial charge is 0.292 e. The summed E-state index contributed by atoms with van der Waals surface area (Å²) in [6.45, 7) is 4.33. The maximum Gasteiger partial charge on any atom is 0.263 e. The Morgan fingerprint density at radius 1 is 1.15 bits per heavy atom. The molecular weight excluding hydrogens is 359 g/mol. The third-order valence-corrected chi connectivity index (χ3v) is 5.55. The number of thiophene rings is 1. The SMILES string of the molecule is CCc1nc2scc(-c3ccc(C)cc3)c2c(=O)n1Cc1cccc(F)c1. The molecule has 0 aliphatic carbocycles. The molecule has 0 radical (unpaired) electrons. The lowest BCUT2D eigenvalue weighted by molar-refractivity contribution is 0.620. The van der Waals surface area contributed by atoms with Crippen LogP contribution in [0.2, 0.25) is 0 Å². The molecule has 2 aromatic heterocycles. The highest BCUT2D eigenvalue weighted by Crippen LogP contribution is 2.31. The first-order valence-electron chi connectivity index (χ1n) is 8.89. The molecule has 136 valence electrons. The average Bonchev–Trinajstić information content (AvgIpc) is 3.08. The number of hydrogen-bond donors (Lipinski definition) is 0. The summed E-state index contributed by atoms with van der Waals surface area (Å²) in [6.07, 6.45) is 0.637. The van der Waals surface area contributed by atoms with Crippen LogP contribution >= 0.6 is 11.3 Å². The molecule has 4 rings (SSSR count). The molecule has 0 atom stereocenters. The normalized spacial score (nSPS) is 11.2. The van der Waals surface area contributed by atoms with Crippen molar-refractivity contribution in [1.82, 2.24) is 9.55 Å². The molecule has 2 aromatic carbocycles. The van der Waals surface area contributed by atoms with Crippen molar-refractivity contribution in [2.75, 3.05) is 0 Å². The molecule has 0 aliphatic rings. The van der Waals surface area contributed by atoms with Crippen molar-refractivity contribution in [2.45, 2.75) is 26.8 Å². The number of aryl methyl sites for hydroxylation is 2. The fraction of sp³-hybridized carbons (Fsp3) is 0.182. The zero-order valence-corrected chi connectivity index (χ0v) is 16.0. The molecule has 4 aromatic rings. The summed E-state index contributed by atoms with van der Waals surface area (Å²) >= 11 is 1.49. The van der Waals surface area contributed by atoms with Gasteiger partial charge in [0.25, 0.3) is 5.56 Å². The zero-order chi connectivity index (χ0) is 19.0. The van der Waals surface area contributed by atoms with Gasteiger partial charge in [-0.3, -0.25) is 9.36 Å². The Balaban J connectivity index is 1.90. The van der Waals surface area contributed by atoms with E-state index < -0.39 is 0 Å². The van der Waals surface area contributed by atoms with Crippen LogP contribution in [0.5, 0.6) is 0 Å². The minimum absolute atomic E-state index is 0.0714. The third kappa shape index (κ3) is 3.30. The van der Waals surface area contributed by atoms with E-state index in [1.807, 2.05) is 49.6 Å². The van der Waals surface area contributed by atoms with Gasteiger partial charge in [0, 0.05) is 17.4 Å². The van der Waals surface area contributed by atoms with Gasteiger partial charge in [0.1, 0.15) is 16.5 Å². The Morgan fingerprint density at radius 2 is 1.93 bits per heavy atom. The predicted octanol–water partition coefficient (Wildman–Crippen LogP) is 5.18. The van der Waals surface area contributed by atoms with Gasteiger partial charge in [-0.15, -0.1) is 11.3 Å². The molecule has 0 spiro atoms. The first kappa shape index (κ1) is 17.6. The summed E-state index contributed by atoms with van der Waals surface area (Å²) in [5, 5.41) is 2.63. The van der Waals surface area contributed by atoms with E-state index in [-0.39, 0.29) is 11.4 Å². The van der Waals surface area contributed by atoms with Gasteiger partial charge in [0.05, 0.1) is 11.9 Å². The number of rotatable bonds is 4. The van der Waals surface area contributed by atoms with E-state index in [1.165, 1.54) is 29.0 Å². The zero-order valence-electron chi connectivity index (χ0n) is 15.2. The van der Waals surface area contributed by atoms with E-state index in [2.05, 4.69) is 0 Å². The lowest BCUT2D eigenvalue weighted by Crippen LogP contribution is -2.25. The fourth-order valence-corrected chi connectivity index (χ4v) is 4.22. The quantitative estimate of drug-likeness (QED) is 0.490. The van der Waals surface area contributed by atoms with Crippen LogP contribution in [0.4, 0.5) is 4.39 Å². The number of fused-ring (bicyclic) bond motifs is 1. The Kier molecular flexibility index (Phi) is 4.62. The number of aromatic nitrogens is 2. The monoisotopic (exact) mass is 378 g/mol. The van der Waals surface area contributed by atoms with Crippen LogP contribution in [-0.4, -0.2) is 9.55 Å². The maximum absolute atomic E-state index is 13.6. The fourth-order valence-electron chi connectivity index (χ4n) is 3.26. The molecule has 0 saturated carbocycles. The van der Waals surface area contributed by atoms with Gasteiger partial charge >= 0.3 is 0 Å². The highest BCUT2D eigenvalue weighted by molar-refractivity contribution is 7.17. The first-order chi connectivity index (χ1) is 13.1. The van der Waals surface area contributed by atoms with Gasteiger partial charge in [-0.2, -0.15) is 0 Å². The van der Waals surface area contributed by atoms with E-state index in [9.17, 15) is 9.18 Å². The Bertz CT molecular complexity index is 1180. The standard InChI is InChI=1S/C22H19FN2OS/c1-3-19-24-21-20(18(13-27-21)16-9-7-14(2)8-10-16)22(26)25(19)12-15-5-4-6-17(23)11-15/h4-11,13H,3,12H2,1-2H3. The second-order valence-electron chi connectivity index (χ2n) is 6.60. The van der Waals surface area contributed by atoms with Gasteiger partial charge in [-0.1, -0.05) is 48.9 Å². The second-order valence-corrected chi connectivity index (χ2v) is 7.46. The molecular formula is C22H19FN2OS. The van der Waals surface area contributed by atoms with Crippen molar-refractivity contribution in [3.8, 4) is 11.1 Å². The van der Waals surface area contributed by atoms with Gasteiger partial charge < -0.3 is 0 Å². The number of nitrogens with zero attached hydrogens (tertiary/aromatic N) is 2. The summed E-state index contributed by atoms with van der Waals surface area (Å²) in [6, 6.07) is 14.5. The lowest BCUT2D eigenvalue weighted by atomic mass is 10.0. The highest BCUT2D eigenvalue weighted by Gasteiger charge is 2.16.